The summed E-state index contributed by atoms with van der Waals surface area (Å²) in [4.78, 5) is 42.7. The first-order valence-electron chi connectivity index (χ1n) is 15.1. The van der Waals surface area contributed by atoms with Gasteiger partial charge in [0, 0.05) is 47.8 Å². The molecule has 2 saturated heterocycles. The standard InChI is InChI=1S/C32H49N3O6/c1-29(2)15-23(16-30(3,4)34-29)40-27(37)21-11-9-20(10-12-21)26(36)39-22-13-14-25(33-19-22)28(38)41-24-17-31(5,6)35-32(7,8)18-24/h13-14,19-21,23-24,34-35H,9-12,15-18H2,1-8H3. The molecule has 0 bridgehead atoms. The summed E-state index contributed by atoms with van der Waals surface area (Å²) >= 11 is 0. The van der Waals surface area contributed by atoms with Crippen molar-refractivity contribution >= 4 is 17.9 Å². The molecule has 1 aromatic heterocycles. The van der Waals surface area contributed by atoms with Gasteiger partial charge in [0.05, 0.1) is 18.0 Å². The number of carbonyl (C=O) groups excluding carboxylic acids is 3. The van der Waals surface area contributed by atoms with Gasteiger partial charge in [0.15, 0.2) is 0 Å². The summed E-state index contributed by atoms with van der Waals surface area (Å²) in [5.41, 5.74) is -0.289. The molecule has 0 unspecified atom stereocenters. The fourth-order valence-corrected chi connectivity index (χ4v) is 7.42. The Bertz CT molecular complexity index is 1090. The van der Waals surface area contributed by atoms with Gasteiger partial charge in [0.25, 0.3) is 0 Å². The summed E-state index contributed by atoms with van der Waals surface area (Å²) in [5, 5.41) is 7.19. The highest BCUT2D eigenvalue weighted by Gasteiger charge is 2.41. The maximum Gasteiger partial charge on any atom is 0.357 e. The van der Waals surface area contributed by atoms with E-state index in [2.05, 4.69) is 71.0 Å². The molecule has 9 heteroatoms. The van der Waals surface area contributed by atoms with Gasteiger partial charge < -0.3 is 24.8 Å². The van der Waals surface area contributed by atoms with Crippen LogP contribution in [0.25, 0.3) is 0 Å². The summed E-state index contributed by atoms with van der Waals surface area (Å²) in [6.45, 7) is 17.0. The van der Waals surface area contributed by atoms with E-state index in [9.17, 15) is 14.4 Å². The van der Waals surface area contributed by atoms with Crippen molar-refractivity contribution in [3.05, 3.63) is 24.0 Å². The predicted molar refractivity (Wildman–Crippen MR) is 155 cm³/mol. The van der Waals surface area contributed by atoms with Gasteiger partial charge in [-0.3, -0.25) is 9.59 Å². The van der Waals surface area contributed by atoms with Crippen molar-refractivity contribution in [3.63, 3.8) is 0 Å². The molecule has 0 radical (unpaired) electrons. The van der Waals surface area contributed by atoms with Crippen LogP contribution in [-0.4, -0.2) is 57.3 Å². The maximum atomic E-state index is 12.9. The fourth-order valence-electron chi connectivity index (χ4n) is 7.42. The van der Waals surface area contributed by atoms with Crippen LogP contribution in [0.4, 0.5) is 0 Å². The second kappa shape index (κ2) is 11.6. The van der Waals surface area contributed by atoms with E-state index in [4.69, 9.17) is 14.2 Å². The Hall–Kier alpha value is -2.52. The minimum Gasteiger partial charge on any atom is -0.462 e. The van der Waals surface area contributed by atoms with E-state index in [-0.39, 0.29) is 69.6 Å². The molecule has 2 aliphatic heterocycles. The van der Waals surface area contributed by atoms with Gasteiger partial charge >= 0.3 is 17.9 Å². The topological polar surface area (TPSA) is 116 Å². The summed E-state index contributed by atoms with van der Waals surface area (Å²) in [5.74, 6) is -1.17. The van der Waals surface area contributed by atoms with E-state index in [1.54, 1.807) is 6.07 Å². The lowest BCUT2D eigenvalue weighted by molar-refractivity contribution is -0.160. The first-order valence-corrected chi connectivity index (χ1v) is 15.1. The van der Waals surface area contributed by atoms with E-state index < -0.39 is 5.97 Å². The lowest BCUT2D eigenvalue weighted by atomic mass is 9.80. The minimum atomic E-state index is -0.483. The number of rotatable bonds is 6. The molecule has 3 fully saturated rings. The molecule has 1 saturated carbocycles. The summed E-state index contributed by atoms with van der Waals surface area (Å²) < 4.78 is 17.3. The fraction of sp³-hybridized carbons (Fsp3) is 0.750. The van der Waals surface area contributed by atoms with Gasteiger partial charge in [-0.1, -0.05) is 0 Å². The zero-order chi connectivity index (χ0) is 30.2. The Kier molecular flexibility index (Phi) is 8.91. The van der Waals surface area contributed by atoms with Crippen molar-refractivity contribution in [2.75, 3.05) is 0 Å². The first-order chi connectivity index (χ1) is 18.9. The average Bonchev–Trinajstić information content (AvgIpc) is 2.80. The SMILES string of the molecule is CC1(C)CC(OC(=O)c2ccc(OC(=O)C3CCC(C(=O)OC4CC(C)(C)NC(C)(C)C4)CC3)cn2)CC(C)(C)N1. The predicted octanol–water partition coefficient (Wildman–Crippen LogP) is 5.11. The quantitative estimate of drug-likeness (QED) is 0.449. The Morgan fingerprint density at radius 1 is 0.683 bits per heavy atom. The third-order valence-corrected chi connectivity index (χ3v) is 8.42. The van der Waals surface area contributed by atoms with Crippen LogP contribution in [0.5, 0.6) is 5.75 Å². The van der Waals surface area contributed by atoms with Gasteiger partial charge in [-0.05, 0) is 93.2 Å². The third-order valence-electron chi connectivity index (χ3n) is 8.42. The molecule has 2 N–H and O–H groups in total. The summed E-state index contributed by atoms with van der Waals surface area (Å²) in [6, 6.07) is 3.10. The largest absolute Gasteiger partial charge is 0.462 e. The van der Waals surface area contributed by atoms with Crippen molar-refractivity contribution in [1.29, 1.82) is 0 Å². The van der Waals surface area contributed by atoms with Crippen molar-refractivity contribution in [3.8, 4) is 5.75 Å². The van der Waals surface area contributed by atoms with Crippen LogP contribution in [0.2, 0.25) is 0 Å². The highest BCUT2D eigenvalue weighted by molar-refractivity contribution is 5.87. The van der Waals surface area contributed by atoms with Crippen LogP contribution in [-0.2, 0) is 19.1 Å². The van der Waals surface area contributed by atoms with Crippen LogP contribution in [0.1, 0.15) is 117 Å². The van der Waals surface area contributed by atoms with Gasteiger partial charge in [-0.15, -0.1) is 0 Å². The highest BCUT2D eigenvalue weighted by atomic mass is 16.6. The van der Waals surface area contributed by atoms with Crippen LogP contribution < -0.4 is 15.4 Å². The Morgan fingerprint density at radius 3 is 1.56 bits per heavy atom. The van der Waals surface area contributed by atoms with Crippen LogP contribution >= 0.6 is 0 Å². The number of carbonyl (C=O) groups is 3. The average molecular weight is 572 g/mol. The van der Waals surface area contributed by atoms with E-state index in [0.717, 1.165) is 12.8 Å². The number of hydrogen-bond acceptors (Lipinski definition) is 9. The second-order valence-electron chi connectivity index (χ2n) is 15.0. The third kappa shape index (κ3) is 8.74. The minimum absolute atomic E-state index is 0.0943. The second-order valence-corrected chi connectivity index (χ2v) is 15.0. The van der Waals surface area contributed by atoms with E-state index in [1.807, 2.05) is 0 Å². The molecule has 0 atom stereocenters. The van der Waals surface area contributed by atoms with E-state index in [0.29, 0.717) is 38.5 Å². The van der Waals surface area contributed by atoms with Gasteiger partial charge in [0.1, 0.15) is 23.7 Å². The molecular weight excluding hydrogens is 522 g/mol. The zero-order valence-electron chi connectivity index (χ0n) is 26.1. The van der Waals surface area contributed by atoms with Crippen molar-refractivity contribution in [2.45, 2.75) is 141 Å². The van der Waals surface area contributed by atoms with Crippen LogP contribution in [0.3, 0.4) is 0 Å². The van der Waals surface area contributed by atoms with Crippen LogP contribution in [0, 0.1) is 11.8 Å². The normalized spacial score (nSPS) is 27.4. The smallest absolute Gasteiger partial charge is 0.357 e. The zero-order valence-corrected chi connectivity index (χ0v) is 26.1. The van der Waals surface area contributed by atoms with Gasteiger partial charge in [-0.25, -0.2) is 9.78 Å². The summed E-state index contributed by atoms with van der Waals surface area (Å²) in [6.07, 6.45) is 6.40. The van der Waals surface area contributed by atoms with Crippen molar-refractivity contribution < 1.29 is 28.6 Å². The Balaban J connectivity index is 1.23. The van der Waals surface area contributed by atoms with Gasteiger partial charge in [0.2, 0.25) is 0 Å². The lowest BCUT2D eigenvalue weighted by Gasteiger charge is -2.46. The molecule has 1 aliphatic carbocycles. The molecule has 4 rings (SSSR count). The monoisotopic (exact) mass is 571 g/mol. The first kappa shape index (κ1) is 31.4. The number of ether oxygens (including phenoxy) is 3. The molecule has 3 aliphatic rings. The number of nitrogens with one attached hydrogen (secondary N) is 2. The van der Waals surface area contributed by atoms with E-state index in [1.165, 1.54) is 12.3 Å². The summed E-state index contributed by atoms with van der Waals surface area (Å²) in [7, 11) is 0. The lowest BCUT2D eigenvalue weighted by Crippen LogP contribution is -2.59. The molecule has 0 aromatic carbocycles. The maximum absolute atomic E-state index is 12.9. The molecular formula is C32H49N3O6. The number of pyridine rings is 1. The number of aromatic nitrogens is 1. The highest BCUT2D eigenvalue weighted by Crippen LogP contribution is 2.35. The Morgan fingerprint density at radius 2 is 1.12 bits per heavy atom. The molecule has 0 spiro atoms. The molecule has 228 valence electrons. The van der Waals surface area contributed by atoms with Crippen molar-refractivity contribution in [1.82, 2.24) is 15.6 Å². The number of piperidine rings is 2. The molecule has 9 nitrogen and oxygen atoms in total. The Labute approximate surface area is 244 Å². The van der Waals surface area contributed by atoms with Gasteiger partial charge in [-0.2, -0.15) is 0 Å². The number of nitrogens with zero attached hydrogens (tertiary/aromatic N) is 1. The van der Waals surface area contributed by atoms with Crippen molar-refractivity contribution in [2.24, 2.45) is 11.8 Å². The molecule has 41 heavy (non-hydrogen) atoms. The molecule has 1 aromatic rings. The number of esters is 3. The molecule has 3 heterocycles. The molecule has 0 amide bonds. The number of hydrogen-bond donors (Lipinski definition) is 2. The van der Waals surface area contributed by atoms with Crippen LogP contribution in [0.15, 0.2) is 18.3 Å². The van der Waals surface area contributed by atoms with E-state index >= 15 is 0 Å².